The molecule has 2 fully saturated rings. The fourth-order valence-corrected chi connectivity index (χ4v) is 6.67. The van der Waals surface area contributed by atoms with Crippen molar-refractivity contribution in [2.24, 2.45) is 4.36 Å². The molecule has 158 valence electrons. The molecule has 2 saturated heterocycles. The summed E-state index contributed by atoms with van der Waals surface area (Å²) in [4.78, 5) is 11.7. The highest BCUT2D eigenvalue weighted by molar-refractivity contribution is 7.93. The van der Waals surface area contributed by atoms with Crippen LogP contribution in [0.1, 0.15) is 37.3 Å². The van der Waals surface area contributed by atoms with Crippen molar-refractivity contribution < 1.29 is 8.95 Å². The van der Waals surface area contributed by atoms with Crippen LogP contribution in [-0.4, -0.2) is 51.5 Å². The third-order valence-electron chi connectivity index (χ3n) is 6.15. The van der Waals surface area contributed by atoms with E-state index < -0.39 is 9.73 Å². The van der Waals surface area contributed by atoms with E-state index in [1.807, 2.05) is 18.5 Å². The molecule has 2 aromatic heterocycles. The Balaban J connectivity index is 1.64. The van der Waals surface area contributed by atoms with E-state index >= 15 is 0 Å². The molecule has 2 aromatic rings. The lowest BCUT2D eigenvalue weighted by Crippen LogP contribution is -2.43. The highest BCUT2D eigenvalue weighted by Gasteiger charge is 2.23. The minimum absolute atomic E-state index is 0.268. The zero-order chi connectivity index (χ0) is 20.6. The lowest BCUT2D eigenvalue weighted by Gasteiger charge is -2.35. The van der Waals surface area contributed by atoms with E-state index in [9.17, 15) is 4.21 Å². The molecule has 0 radical (unpaired) electrons. The molecule has 0 saturated carbocycles. The van der Waals surface area contributed by atoms with Crippen LogP contribution in [0.5, 0.6) is 0 Å². The van der Waals surface area contributed by atoms with Crippen LogP contribution in [0.15, 0.2) is 35.0 Å². The van der Waals surface area contributed by atoms with Gasteiger partial charge in [0.05, 0.1) is 28.6 Å². The normalized spacial score (nSPS) is 22.7. The maximum atomic E-state index is 13.3. The molecule has 0 bridgehead atoms. The summed E-state index contributed by atoms with van der Waals surface area (Å²) in [5.41, 5.74) is 5.32. The standard InChI is InChI=1S/C23H28N4O2S/c1-17-16-29-9-8-27(17)19-12-22(21-15-24-14-18-6-5-7-20(18)21)25-23(13-19)26-30(28)10-3-2-4-11-30/h5,7,12-15,17H,2-4,6,8-11,16H2,1H3/t17-/m1/s1. The van der Waals surface area contributed by atoms with E-state index in [0.717, 1.165) is 49.2 Å². The maximum absolute atomic E-state index is 13.3. The van der Waals surface area contributed by atoms with Crippen molar-refractivity contribution in [3.63, 3.8) is 0 Å². The second-order valence-electron chi connectivity index (χ2n) is 8.39. The monoisotopic (exact) mass is 424 g/mol. The quantitative estimate of drug-likeness (QED) is 0.738. The number of ether oxygens (including phenoxy) is 1. The van der Waals surface area contributed by atoms with Gasteiger partial charge in [-0.3, -0.25) is 4.98 Å². The number of allylic oxidation sites excluding steroid dienone is 1. The molecule has 5 rings (SSSR count). The predicted octanol–water partition coefficient (Wildman–Crippen LogP) is 4.22. The van der Waals surface area contributed by atoms with Gasteiger partial charge in [0.15, 0.2) is 5.82 Å². The summed E-state index contributed by atoms with van der Waals surface area (Å²) in [6.07, 6.45) is 12.1. The van der Waals surface area contributed by atoms with E-state index in [0.29, 0.717) is 30.5 Å². The fraction of sp³-hybridized carbons (Fsp3) is 0.478. The summed E-state index contributed by atoms with van der Waals surface area (Å²) in [5, 5.41) is 0. The highest BCUT2D eigenvalue weighted by atomic mass is 32.2. The fourth-order valence-electron chi connectivity index (χ4n) is 4.54. The second kappa shape index (κ2) is 8.12. The van der Waals surface area contributed by atoms with Crippen LogP contribution in [0.3, 0.4) is 0 Å². The van der Waals surface area contributed by atoms with Crippen LogP contribution in [0.2, 0.25) is 0 Å². The Labute approximate surface area is 178 Å². The van der Waals surface area contributed by atoms with Crippen molar-refractivity contribution in [2.75, 3.05) is 36.2 Å². The maximum Gasteiger partial charge on any atom is 0.164 e. The lowest BCUT2D eigenvalue weighted by atomic mass is 10.0. The summed E-state index contributed by atoms with van der Waals surface area (Å²) in [6.45, 7) is 4.40. The lowest BCUT2D eigenvalue weighted by molar-refractivity contribution is 0.0989. The van der Waals surface area contributed by atoms with Crippen LogP contribution in [0.4, 0.5) is 11.5 Å². The van der Waals surface area contributed by atoms with Gasteiger partial charge in [0, 0.05) is 53.8 Å². The van der Waals surface area contributed by atoms with E-state index in [1.165, 1.54) is 11.1 Å². The molecular formula is C23H28N4O2S. The molecule has 0 amide bonds. The van der Waals surface area contributed by atoms with Crippen molar-refractivity contribution >= 4 is 27.3 Å². The minimum atomic E-state index is -2.23. The van der Waals surface area contributed by atoms with E-state index in [4.69, 9.17) is 14.1 Å². The molecule has 6 nitrogen and oxygen atoms in total. The number of morpholine rings is 1. The molecule has 4 heterocycles. The largest absolute Gasteiger partial charge is 0.377 e. The molecule has 0 aromatic carbocycles. The summed E-state index contributed by atoms with van der Waals surface area (Å²) in [5.74, 6) is 1.92. The van der Waals surface area contributed by atoms with Crippen LogP contribution in [-0.2, 0) is 20.9 Å². The number of pyridine rings is 2. The topological polar surface area (TPSA) is 67.7 Å². The second-order valence-corrected chi connectivity index (χ2v) is 10.9. The van der Waals surface area contributed by atoms with E-state index in [1.54, 1.807) is 0 Å². The SMILES string of the molecule is C[C@@H]1COCCN1c1cc(N=S2(=O)CCCCC2)nc(-c2cncc3c2C=CC3)c1. The summed E-state index contributed by atoms with van der Waals surface area (Å²) in [6, 6.07) is 4.39. The van der Waals surface area contributed by atoms with E-state index in [-0.39, 0.29) is 6.04 Å². The Hall–Kier alpha value is -2.25. The summed E-state index contributed by atoms with van der Waals surface area (Å²) < 4.78 is 23.7. The average Bonchev–Trinajstić information content (AvgIpc) is 3.23. The number of hydrogen-bond donors (Lipinski definition) is 0. The molecule has 0 N–H and O–H groups in total. The predicted molar refractivity (Wildman–Crippen MR) is 122 cm³/mol. The van der Waals surface area contributed by atoms with Crippen molar-refractivity contribution in [1.82, 2.24) is 9.97 Å². The van der Waals surface area contributed by atoms with Crippen molar-refractivity contribution in [1.29, 1.82) is 0 Å². The number of fused-ring (bicyclic) bond motifs is 1. The first-order chi connectivity index (χ1) is 14.6. The van der Waals surface area contributed by atoms with Crippen LogP contribution in [0.25, 0.3) is 17.3 Å². The Morgan fingerprint density at radius 1 is 1.20 bits per heavy atom. The van der Waals surface area contributed by atoms with Gasteiger partial charge in [0.1, 0.15) is 0 Å². The molecular weight excluding hydrogens is 396 g/mol. The number of rotatable bonds is 3. The first-order valence-electron chi connectivity index (χ1n) is 10.8. The van der Waals surface area contributed by atoms with E-state index in [2.05, 4.69) is 35.0 Å². The number of anilines is 1. The Kier molecular flexibility index (Phi) is 5.33. The van der Waals surface area contributed by atoms with Crippen LogP contribution < -0.4 is 4.90 Å². The van der Waals surface area contributed by atoms with Gasteiger partial charge in [-0.25, -0.2) is 9.19 Å². The molecule has 0 spiro atoms. The van der Waals surface area contributed by atoms with Gasteiger partial charge < -0.3 is 9.64 Å². The van der Waals surface area contributed by atoms with Crippen LogP contribution >= 0.6 is 0 Å². The molecule has 3 aliphatic rings. The number of hydrogen-bond acceptors (Lipinski definition) is 6. The first-order valence-corrected chi connectivity index (χ1v) is 12.7. The third kappa shape index (κ3) is 3.88. The molecule has 0 unspecified atom stereocenters. The van der Waals surface area contributed by atoms with Gasteiger partial charge in [-0.2, -0.15) is 4.36 Å². The zero-order valence-corrected chi connectivity index (χ0v) is 18.2. The molecule has 1 aliphatic carbocycles. The van der Waals surface area contributed by atoms with Gasteiger partial charge in [-0.05, 0) is 43.4 Å². The highest BCUT2D eigenvalue weighted by Crippen LogP contribution is 2.34. The van der Waals surface area contributed by atoms with Gasteiger partial charge in [-0.15, -0.1) is 0 Å². The summed E-state index contributed by atoms with van der Waals surface area (Å²) >= 11 is 0. The average molecular weight is 425 g/mol. The minimum Gasteiger partial charge on any atom is -0.377 e. The molecule has 2 aliphatic heterocycles. The zero-order valence-electron chi connectivity index (χ0n) is 17.4. The van der Waals surface area contributed by atoms with Gasteiger partial charge in [0.2, 0.25) is 0 Å². The first kappa shape index (κ1) is 19.7. The number of nitrogens with zero attached hydrogens (tertiary/aromatic N) is 4. The van der Waals surface area contributed by atoms with Crippen LogP contribution in [0, 0.1) is 0 Å². The van der Waals surface area contributed by atoms with Crippen molar-refractivity contribution in [2.45, 2.75) is 38.6 Å². The summed E-state index contributed by atoms with van der Waals surface area (Å²) in [7, 11) is -2.23. The van der Waals surface area contributed by atoms with Gasteiger partial charge in [-0.1, -0.05) is 18.6 Å². The Morgan fingerprint density at radius 2 is 2.07 bits per heavy atom. The Morgan fingerprint density at radius 3 is 2.90 bits per heavy atom. The molecule has 7 heteroatoms. The third-order valence-corrected chi connectivity index (χ3v) is 8.52. The van der Waals surface area contributed by atoms with Gasteiger partial charge in [0.25, 0.3) is 0 Å². The van der Waals surface area contributed by atoms with Crippen molar-refractivity contribution in [3.8, 4) is 11.3 Å². The van der Waals surface area contributed by atoms with Gasteiger partial charge >= 0.3 is 0 Å². The smallest absolute Gasteiger partial charge is 0.164 e. The number of aromatic nitrogens is 2. The van der Waals surface area contributed by atoms with Crippen molar-refractivity contribution in [3.05, 3.63) is 41.7 Å². The molecule has 30 heavy (non-hydrogen) atoms. The Bertz CT molecular complexity index is 1090. The molecule has 1 atom stereocenters.